The van der Waals surface area contributed by atoms with Crippen LogP contribution in [0.1, 0.15) is 12.0 Å². The molecule has 0 aliphatic carbocycles. The second-order valence-corrected chi connectivity index (χ2v) is 6.29. The predicted molar refractivity (Wildman–Crippen MR) is 102 cm³/mol. The van der Waals surface area contributed by atoms with Gasteiger partial charge in [0.15, 0.2) is 0 Å². The Morgan fingerprint density at radius 2 is 2.15 bits per heavy atom. The number of hydrogen-bond acceptors (Lipinski definition) is 4. The molecule has 2 aromatic rings. The van der Waals surface area contributed by atoms with Gasteiger partial charge in [-0.05, 0) is 42.7 Å². The first-order chi connectivity index (χ1) is 12.6. The number of halogens is 1. The van der Waals surface area contributed by atoms with Crippen molar-refractivity contribution in [2.24, 2.45) is 0 Å². The number of carbonyl (C=O) groups is 1. The van der Waals surface area contributed by atoms with E-state index in [0.717, 1.165) is 25.1 Å². The van der Waals surface area contributed by atoms with Gasteiger partial charge in [-0.2, -0.15) is 5.26 Å². The van der Waals surface area contributed by atoms with Crippen molar-refractivity contribution in [1.29, 1.82) is 5.26 Å². The van der Waals surface area contributed by atoms with Gasteiger partial charge < -0.3 is 15.0 Å². The number of amides is 1. The molecule has 6 heteroatoms. The predicted octanol–water partition coefficient (Wildman–Crippen LogP) is 4.15. The number of nitrogens with zero attached hydrogens (tertiary/aromatic N) is 2. The standard InChI is InChI=1S/C20H18ClN3O2/c1-26-19-9-8-16(11-17(19)21)23-20(25)15(12-22)13-24-10-4-6-14-5-2-3-7-18(14)24/h2-3,5,7-9,11,13H,4,6,10H2,1H3,(H,23,25)/b15-13-. The van der Waals surface area contributed by atoms with Crippen LogP contribution in [0.4, 0.5) is 11.4 Å². The number of benzene rings is 2. The molecule has 1 amide bonds. The van der Waals surface area contributed by atoms with E-state index in [1.165, 1.54) is 12.7 Å². The minimum Gasteiger partial charge on any atom is -0.495 e. The number of hydrogen-bond donors (Lipinski definition) is 1. The number of para-hydroxylation sites is 1. The van der Waals surface area contributed by atoms with Crippen LogP contribution in [0.5, 0.6) is 5.75 Å². The Balaban J connectivity index is 1.81. The summed E-state index contributed by atoms with van der Waals surface area (Å²) in [4.78, 5) is 14.4. The van der Waals surface area contributed by atoms with Gasteiger partial charge in [0.25, 0.3) is 5.91 Å². The largest absolute Gasteiger partial charge is 0.495 e. The summed E-state index contributed by atoms with van der Waals surface area (Å²) >= 11 is 6.07. The molecular weight excluding hydrogens is 350 g/mol. The zero-order chi connectivity index (χ0) is 18.5. The molecule has 0 fully saturated rings. The van der Waals surface area contributed by atoms with E-state index in [1.54, 1.807) is 24.4 Å². The van der Waals surface area contributed by atoms with Gasteiger partial charge in [-0.3, -0.25) is 4.79 Å². The van der Waals surface area contributed by atoms with E-state index in [4.69, 9.17) is 16.3 Å². The third-order valence-electron chi connectivity index (χ3n) is 4.21. The fourth-order valence-electron chi connectivity index (χ4n) is 2.93. The summed E-state index contributed by atoms with van der Waals surface area (Å²) in [5, 5.41) is 12.5. The lowest BCUT2D eigenvalue weighted by Crippen LogP contribution is -2.26. The van der Waals surface area contributed by atoms with Gasteiger partial charge in [0.05, 0.1) is 12.1 Å². The summed E-state index contributed by atoms with van der Waals surface area (Å²) in [5.41, 5.74) is 2.79. The van der Waals surface area contributed by atoms with Crippen LogP contribution in [0.3, 0.4) is 0 Å². The van der Waals surface area contributed by atoms with Crippen molar-refractivity contribution in [3.05, 3.63) is 64.8 Å². The van der Waals surface area contributed by atoms with Gasteiger partial charge in [-0.25, -0.2) is 0 Å². The van der Waals surface area contributed by atoms with Crippen LogP contribution in [-0.4, -0.2) is 19.6 Å². The SMILES string of the molecule is COc1ccc(NC(=O)/C(C#N)=C\N2CCCc3ccccc32)cc1Cl. The molecule has 0 saturated heterocycles. The van der Waals surface area contributed by atoms with Crippen molar-refractivity contribution in [1.82, 2.24) is 0 Å². The van der Waals surface area contributed by atoms with E-state index < -0.39 is 5.91 Å². The van der Waals surface area contributed by atoms with E-state index in [2.05, 4.69) is 11.4 Å². The monoisotopic (exact) mass is 367 g/mol. The molecule has 1 N–H and O–H groups in total. The molecule has 0 unspecified atom stereocenters. The lowest BCUT2D eigenvalue weighted by atomic mass is 10.0. The van der Waals surface area contributed by atoms with Gasteiger partial charge in [-0.15, -0.1) is 0 Å². The van der Waals surface area contributed by atoms with Crippen molar-refractivity contribution >= 4 is 28.9 Å². The molecule has 5 nitrogen and oxygen atoms in total. The average molecular weight is 368 g/mol. The van der Waals surface area contributed by atoms with Crippen LogP contribution in [0.2, 0.25) is 5.02 Å². The van der Waals surface area contributed by atoms with E-state index in [-0.39, 0.29) is 5.57 Å². The highest BCUT2D eigenvalue weighted by atomic mass is 35.5. The number of ether oxygens (including phenoxy) is 1. The van der Waals surface area contributed by atoms with Crippen molar-refractivity contribution in [2.75, 3.05) is 23.9 Å². The third-order valence-corrected chi connectivity index (χ3v) is 4.50. The molecule has 0 radical (unpaired) electrons. The summed E-state index contributed by atoms with van der Waals surface area (Å²) in [6, 6.07) is 14.9. The van der Waals surface area contributed by atoms with Crippen LogP contribution in [0.15, 0.2) is 54.2 Å². The second-order valence-electron chi connectivity index (χ2n) is 5.88. The fraction of sp³-hybridized carbons (Fsp3) is 0.200. The van der Waals surface area contributed by atoms with Gasteiger partial charge in [0.1, 0.15) is 17.4 Å². The quantitative estimate of drug-likeness (QED) is 0.651. The van der Waals surface area contributed by atoms with Crippen LogP contribution >= 0.6 is 11.6 Å². The topological polar surface area (TPSA) is 65.4 Å². The van der Waals surface area contributed by atoms with E-state index in [1.807, 2.05) is 29.2 Å². The maximum Gasteiger partial charge on any atom is 0.267 e. The summed E-state index contributed by atoms with van der Waals surface area (Å²) in [5.74, 6) is 0.0439. The molecule has 132 valence electrons. The van der Waals surface area contributed by atoms with E-state index in [0.29, 0.717) is 16.5 Å². The summed E-state index contributed by atoms with van der Waals surface area (Å²) < 4.78 is 5.09. The normalized spacial score (nSPS) is 13.6. The summed E-state index contributed by atoms with van der Waals surface area (Å²) in [7, 11) is 1.52. The molecule has 2 aromatic carbocycles. The highest BCUT2D eigenvalue weighted by molar-refractivity contribution is 6.32. The molecule has 0 saturated carbocycles. The smallest absolute Gasteiger partial charge is 0.267 e. The number of nitrogens with one attached hydrogen (secondary N) is 1. The van der Waals surface area contributed by atoms with Crippen molar-refractivity contribution in [3.63, 3.8) is 0 Å². The molecule has 1 aliphatic rings. The van der Waals surface area contributed by atoms with Gasteiger partial charge in [0.2, 0.25) is 0 Å². The molecule has 0 atom stereocenters. The van der Waals surface area contributed by atoms with E-state index >= 15 is 0 Å². The first-order valence-electron chi connectivity index (χ1n) is 8.23. The lowest BCUT2D eigenvalue weighted by molar-refractivity contribution is -0.112. The molecule has 26 heavy (non-hydrogen) atoms. The van der Waals surface area contributed by atoms with Crippen LogP contribution in [0.25, 0.3) is 0 Å². The Kier molecular flexibility index (Phi) is 5.45. The average Bonchev–Trinajstić information content (AvgIpc) is 2.66. The Morgan fingerprint density at radius 3 is 2.88 bits per heavy atom. The minimum atomic E-state index is -0.475. The summed E-state index contributed by atoms with van der Waals surface area (Å²) in [6.07, 6.45) is 3.58. The van der Waals surface area contributed by atoms with Crippen LogP contribution < -0.4 is 15.0 Å². The zero-order valence-corrected chi connectivity index (χ0v) is 15.1. The van der Waals surface area contributed by atoms with Gasteiger partial charge >= 0.3 is 0 Å². The molecule has 0 bridgehead atoms. The number of fused-ring (bicyclic) bond motifs is 1. The number of rotatable bonds is 4. The first kappa shape index (κ1) is 17.8. The zero-order valence-electron chi connectivity index (χ0n) is 14.3. The number of aryl methyl sites for hydroxylation is 1. The Bertz CT molecular complexity index is 902. The van der Waals surface area contributed by atoms with Crippen molar-refractivity contribution in [3.8, 4) is 11.8 Å². The summed E-state index contributed by atoms with van der Waals surface area (Å²) in [6.45, 7) is 0.768. The first-order valence-corrected chi connectivity index (χ1v) is 8.61. The van der Waals surface area contributed by atoms with Crippen molar-refractivity contribution < 1.29 is 9.53 Å². The van der Waals surface area contributed by atoms with Gasteiger partial charge in [0, 0.05) is 24.1 Å². The number of nitriles is 1. The fourth-order valence-corrected chi connectivity index (χ4v) is 3.19. The highest BCUT2D eigenvalue weighted by Crippen LogP contribution is 2.29. The number of methoxy groups -OCH3 is 1. The van der Waals surface area contributed by atoms with Gasteiger partial charge in [-0.1, -0.05) is 29.8 Å². The van der Waals surface area contributed by atoms with Crippen LogP contribution in [-0.2, 0) is 11.2 Å². The van der Waals surface area contributed by atoms with E-state index in [9.17, 15) is 10.1 Å². The molecule has 0 aromatic heterocycles. The third kappa shape index (κ3) is 3.81. The highest BCUT2D eigenvalue weighted by Gasteiger charge is 2.18. The molecule has 1 aliphatic heterocycles. The molecule has 0 spiro atoms. The molecule has 1 heterocycles. The minimum absolute atomic E-state index is 0.0358. The number of carbonyl (C=O) groups excluding carboxylic acids is 1. The number of anilines is 2. The Hall–Kier alpha value is -2.97. The van der Waals surface area contributed by atoms with Crippen LogP contribution in [0, 0.1) is 11.3 Å². The maximum atomic E-state index is 12.5. The second kappa shape index (κ2) is 7.94. The Morgan fingerprint density at radius 1 is 1.35 bits per heavy atom. The maximum absolute atomic E-state index is 12.5. The molecular formula is C20H18ClN3O2. The molecule has 3 rings (SSSR count). The lowest BCUT2D eigenvalue weighted by Gasteiger charge is -2.28. The van der Waals surface area contributed by atoms with Crippen molar-refractivity contribution in [2.45, 2.75) is 12.8 Å². The Labute approximate surface area is 157 Å².